The maximum absolute atomic E-state index is 13.4. The van der Waals surface area contributed by atoms with Gasteiger partial charge >= 0.3 is 6.18 Å². The Labute approximate surface area is 195 Å². The van der Waals surface area contributed by atoms with E-state index in [1.165, 1.54) is 10.6 Å². The number of para-hydroxylation sites is 2. The molecule has 2 aromatic carbocycles. The van der Waals surface area contributed by atoms with Crippen LogP contribution in [0.15, 0.2) is 42.5 Å². The van der Waals surface area contributed by atoms with Gasteiger partial charge in [0.1, 0.15) is 18.1 Å². The molecule has 0 aliphatic carbocycles. The van der Waals surface area contributed by atoms with E-state index in [1.54, 1.807) is 24.3 Å². The highest BCUT2D eigenvalue weighted by atomic mass is 32.2. The molecule has 1 fully saturated rings. The zero-order chi connectivity index (χ0) is 24.5. The van der Waals surface area contributed by atoms with Gasteiger partial charge in [0.15, 0.2) is 9.84 Å². The molecule has 11 heteroatoms. The standard InChI is InChI=1S/C23H25F3N4O3S/c1-34(32,33)15-21-27-17-7-3-4-8-20(17)30(21)14-22(31)28-18-13-16(23(24,25)26)9-10-19(18)29-11-5-2-6-12-29/h3-4,7-10,13H,2,5-6,11-12,14-15H2,1H3,(H,28,31). The van der Waals surface area contributed by atoms with Crippen molar-refractivity contribution in [2.75, 3.05) is 29.6 Å². The van der Waals surface area contributed by atoms with Gasteiger partial charge in [-0.1, -0.05) is 12.1 Å². The molecule has 0 unspecified atom stereocenters. The molecule has 4 rings (SSSR count). The van der Waals surface area contributed by atoms with Crippen molar-refractivity contribution in [2.45, 2.75) is 37.7 Å². The fourth-order valence-corrected chi connectivity index (χ4v) is 4.89. The number of nitrogens with zero attached hydrogens (tertiary/aromatic N) is 3. The van der Waals surface area contributed by atoms with Gasteiger partial charge in [-0.2, -0.15) is 13.2 Å². The summed E-state index contributed by atoms with van der Waals surface area (Å²) in [6.45, 7) is 1.10. The lowest BCUT2D eigenvalue weighted by Crippen LogP contribution is -2.31. The van der Waals surface area contributed by atoms with Crippen molar-refractivity contribution in [2.24, 2.45) is 0 Å². The van der Waals surface area contributed by atoms with Crippen LogP contribution in [0.1, 0.15) is 30.7 Å². The Morgan fingerprint density at radius 1 is 1.09 bits per heavy atom. The molecule has 7 nitrogen and oxygen atoms in total. The van der Waals surface area contributed by atoms with Gasteiger partial charge in [0.2, 0.25) is 5.91 Å². The van der Waals surface area contributed by atoms with E-state index in [0.717, 1.165) is 37.7 Å². The van der Waals surface area contributed by atoms with Crippen molar-refractivity contribution >= 4 is 38.2 Å². The second kappa shape index (κ2) is 9.28. The minimum atomic E-state index is -4.55. The molecule has 0 radical (unpaired) electrons. The molecule has 182 valence electrons. The third kappa shape index (κ3) is 5.52. The number of carbonyl (C=O) groups is 1. The number of imidazole rings is 1. The average Bonchev–Trinajstić information content (AvgIpc) is 3.09. The number of alkyl halides is 3. The summed E-state index contributed by atoms with van der Waals surface area (Å²) in [4.78, 5) is 19.3. The fourth-order valence-electron chi connectivity index (χ4n) is 4.20. The Bertz CT molecular complexity index is 1310. The lowest BCUT2D eigenvalue weighted by atomic mass is 10.1. The number of hydrogen-bond donors (Lipinski definition) is 1. The number of hydrogen-bond acceptors (Lipinski definition) is 5. The lowest BCUT2D eigenvalue weighted by Gasteiger charge is -2.31. The summed E-state index contributed by atoms with van der Waals surface area (Å²) in [6, 6.07) is 10.3. The summed E-state index contributed by atoms with van der Waals surface area (Å²) in [5.74, 6) is -0.744. The zero-order valence-corrected chi connectivity index (χ0v) is 19.4. The molecule has 3 aromatic rings. The van der Waals surface area contributed by atoms with Crippen LogP contribution in [0.2, 0.25) is 0 Å². The first-order valence-corrected chi connectivity index (χ1v) is 13.0. The monoisotopic (exact) mass is 494 g/mol. The van der Waals surface area contributed by atoms with Gasteiger partial charge in [-0.15, -0.1) is 0 Å². The zero-order valence-electron chi connectivity index (χ0n) is 18.6. The number of halogens is 3. The number of fused-ring (bicyclic) bond motifs is 1. The van der Waals surface area contributed by atoms with Gasteiger partial charge in [0, 0.05) is 19.3 Å². The highest BCUT2D eigenvalue weighted by Gasteiger charge is 2.32. The van der Waals surface area contributed by atoms with Crippen LogP contribution in [0.25, 0.3) is 11.0 Å². The maximum Gasteiger partial charge on any atom is 0.416 e. The van der Waals surface area contributed by atoms with Gasteiger partial charge in [-0.05, 0) is 49.6 Å². The second-order valence-corrected chi connectivity index (χ2v) is 10.6. The third-order valence-corrected chi connectivity index (χ3v) is 6.50. The molecule has 2 heterocycles. The molecule has 0 bridgehead atoms. The summed E-state index contributed by atoms with van der Waals surface area (Å²) in [5, 5.41) is 2.63. The Kier molecular flexibility index (Phi) is 6.57. The summed E-state index contributed by atoms with van der Waals surface area (Å²) in [6.07, 6.45) is -0.586. The molecule has 0 atom stereocenters. The van der Waals surface area contributed by atoms with Crippen LogP contribution in [-0.4, -0.2) is 43.2 Å². The van der Waals surface area contributed by atoms with E-state index in [0.29, 0.717) is 29.8 Å². The van der Waals surface area contributed by atoms with Gasteiger partial charge in [-0.3, -0.25) is 4.79 Å². The Morgan fingerprint density at radius 3 is 2.47 bits per heavy atom. The number of carbonyl (C=O) groups excluding carboxylic acids is 1. The number of benzene rings is 2. The number of nitrogens with one attached hydrogen (secondary N) is 1. The number of rotatable bonds is 6. The minimum absolute atomic E-state index is 0.0795. The van der Waals surface area contributed by atoms with Gasteiger partial charge in [0.05, 0.1) is 28.0 Å². The highest BCUT2D eigenvalue weighted by Crippen LogP contribution is 2.36. The van der Waals surface area contributed by atoms with Crippen LogP contribution in [0.4, 0.5) is 24.5 Å². The van der Waals surface area contributed by atoms with Crippen molar-refractivity contribution in [3.8, 4) is 0 Å². The molecule has 1 amide bonds. The quantitative estimate of drug-likeness (QED) is 0.555. The molecule has 1 aliphatic rings. The van der Waals surface area contributed by atoms with Gasteiger partial charge in [-0.25, -0.2) is 13.4 Å². The third-order valence-electron chi connectivity index (χ3n) is 5.72. The Balaban J connectivity index is 1.66. The maximum atomic E-state index is 13.4. The average molecular weight is 495 g/mol. The molecule has 0 spiro atoms. The van der Waals surface area contributed by atoms with E-state index in [2.05, 4.69) is 10.3 Å². The van der Waals surface area contributed by atoms with Gasteiger partial charge < -0.3 is 14.8 Å². The molecule has 0 saturated carbocycles. The Morgan fingerprint density at radius 2 is 1.79 bits per heavy atom. The molecule has 1 aliphatic heterocycles. The van der Waals surface area contributed by atoms with Crippen LogP contribution in [0, 0.1) is 0 Å². The summed E-state index contributed by atoms with van der Waals surface area (Å²) >= 11 is 0. The van der Waals surface area contributed by atoms with E-state index in [1.807, 2.05) is 4.90 Å². The van der Waals surface area contributed by atoms with E-state index in [9.17, 15) is 26.4 Å². The number of aromatic nitrogens is 2. The summed E-state index contributed by atoms with van der Waals surface area (Å²) in [5.41, 5.74) is 0.858. The van der Waals surface area contributed by atoms with E-state index in [-0.39, 0.29) is 23.8 Å². The van der Waals surface area contributed by atoms with Crippen LogP contribution in [0.5, 0.6) is 0 Å². The van der Waals surface area contributed by atoms with Crippen molar-refractivity contribution in [3.05, 3.63) is 53.9 Å². The van der Waals surface area contributed by atoms with Crippen molar-refractivity contribution in [3.63, 3.8) is 0 Å². The summed E-state index contributed by atoms with van der Waals surface area (Å²) < 4.78 is 65.4. The van der Waals surface area contributed by atoms with Crippen molar-refractivity contribution in [1.29, 1.82) is 0 Å². The molecular weight excluding hydrogens is 469 g/mol. The predicted molar refractivity (Wildman–Crippen MR) is 124 cm³/mol. The van der Waals surface area contributed by atoms with Gasteiger partial charge in [0.25, 0.3) is 0 Å². The van der Waals surface area contributed by atoms with Crippen LogP contribution in [-0.2, 0) is 33.1 Å². The molecule has 1 aromatic heterocycles. The number of sulfone groups is 1. The molecule has 1 saturated heterocycles. The number of anilines is 2. The van der Waals surface area contributed by atoms with Crippen LogP contribution in [0.3, 0.4) is 0 Å². The lowest BCUT2D eigenvalue weighted by molar-refractivity contribution is -0.137. The molecule has 1 N–H and O–H groups in total. The van der Waals surface area contributed by atoms with E-state index >= 15 is 0 Å². The van der Waals surface area contributed by atoms with Crippen molar-refractivity contribution < 1.29 is 26.4 Å². The highest BCUT2D eigenvalue weighted by molar-refractivity contribution is 7.89. The van der Waals surface area contributed by atoms with E-state index in [4.69, 9.17) is 0 Å². The van der Waals surface area contributed by atoms with E-state index < -0.39 is 27.5 Å². The SMILES string of the molecule is CS(=O)(=O)Cc1nc2ccccc2n1CC(=O)Nc1cc(C(F)(F)F)ccc1N1CCCCC1. The number of amides is 1. The smallest absolute Gasteiger partial charge is 0.370 e. The topological polar surface area (TPSA) is 84.3 Å². The van der Waals surface area contributed by atoms with Crippen LogP contribution >= 0.6 is 0 Å². The molecular formula is C23H25F3N4O3S. The normalized spacial score (nSPS) is 15.0. The molecule has 34 heavy (non-hydrogen) atoms. The Hall–Kier alpha value is -3.08. The first kappa shape index (κ1) is 24.1. The second-order valence-electron chi connectivity index (χ2n) is 8.50. The van der Waals surface area contributed by atoms with Crippen molar-refractivity contribution in [1.82, 2.24) is 9.55 Å². The van der Waals surface area contributed by atoms with Crippen LogP contribution < -0.4 is 10.2 Å². The fraction of sp³-hybridized carbons (Fsp3) is 0.391. The largest absolute Gasteiger partial charge is 0.416 e. The predicted octanol–water partition coefficient (Wildman–Crippen LogP) is 4.23. The first-order chi connectivity index (χ1) is 16.0. The number of piperidine rings is 1. The minimum Gasteiger partial charge on any atom is -0.370 e. The summed E-state index contributed by atoms with van der Waals surface area (Å²) in [7, 11) is -3.43. The first-order valence-electron chi connectivity index (χ1n) is 10.9.